The molecule has 37 heavy (non-hydrogen) atoms. The van der Waals surface area contributed by atoms with Crippen molar-refractivity contribution >= 4 is 29.2 Å². The van der Waals surface area contributed by atoms with Crippen LogP contribution in [-0.2, 0) is 24.5 Å². The number of nitrogens with zero attached hydrogens (tertiary/aromatic N) is 3. The average molecular weight is 522 g/mol. The fourth-order valence-corrected chi connectivity index (χ4v) is 5.83. The minimum Gasteiger partial charge on any atom is -0.486 e. The van der Waals surface area contributed by atoms with Crippen molar-refractivity contribution in [2.24, 2.45) is 0 Å². The van der Waals surface area contributed by atoms with Gasteiger partial charge >= 0.3 is 5.97 Å². The molecule has 0 saturated carbocycles. The Morgan fingerprint density at radius 3 is 2.59 bits per heavy atom. The van der Waals surface area contributed by atoms with Crippen molar-refractivity contribution in [3.63, 3.8) is 0 Å². The predicted molar refractivity (Wildman–Crippen MR) is 144 cm³/mol. The molecule has 3 aromatic rings. The molecule has 1 fully saturated rings. The first kappa shape index (κ1) is 25.2. The highest BCUT2D eigenvalue weighted by atomic mass is 32.2. The van der Waals surface area contributed by atoms with E-state index in [9.17, 15) is 15.0 Å². The Morgan fingerprint density at radius 2 is 1.95 bits per heavy atom. The molecule has 0 radical (unpaired) electrons. The van der Waals surface area contributed by atoms with Crippen LogP contribution in [0.4, 0.5) is 5.82 Å². The number of ether oxygens (including phenoxy) is 1. The lowest BCUT2D eigenvalue weighted by Gasteiger charge is -2.35. The molecule has 9 nitrogen and oxygen atoms in total. The van der Waals surface area contributed by atoms with Crippen molar-refractivity contribution in [3.05, 3.63) is 83.3 Å². The van der Waals surface area contributed by atoms with Gasteiger partial charge in [0.15, 0.2) is 5.82 Å². The number of aromatic nitrogens is 2. The summed E-state index contributed by atoms with van der Waals surface area (Å²) in [4.78, 5) is 17.9. The summed E-state index contributed by atoms with van der Waals surface area (Å²) in [6, 6.07) is 15.4. The number of aryl methyl sites for hydroxylation is 1. The molecular weight excluding hydrogens is 490 g/mol. The molecule has 2 aliphatic rings. The number of carboxylic acids is 1. The van der Waals surface area contributed by atoms with Crippen molar-refractivity contribution in [1.82, 2.24) is 20.2 Å². The number of hydrogen-bond donors (Lipinski definition) is 4. The molecule has 0 aliphatic carbocycles. The summed E-state index contributed by atoms with van der Waals surface area (Å²) >= 11 is 1.58. The maximum atomic E-state index is 11.2. The van der Waals surface area contributed by atoms with Crippen molar-refractivity contribution in [2.45, 2.75) is 51.3 Å². The van der Waals surface area contributed by atoms with E-state index in [1.54, 1.807) is 11.8 Å². The largest absolute Gasteiger partial charge is 0.486 e. The highest BCUT2D eigenvalue weighted by molar-refractivity contribution is 7.99. The smallest absolute Gasteiger partial charge is 0.321 e. The number of aliphatic hydroxyl groups excluding tert-OH is 1. The summed E-state index contributed by atoms with van der Waals surface area (Å²) in [6.45, 7) is 9.62. The van der Waals surface area contributed by atoms with Crippen LogP contribution in [0.1, 0.15) is 40.5 Å². The molecular formula is C27H31N5O4S. The molecule has 4 N–H and O–H groups in total. The standard InChI is InChI=1S/C27H31N5O4S/c1-4-31-22(14-36-20-11-9-19(10-12-20)25-29-21(15-37-25)26(33)34)30-24-23(31)17(3)28-27(35)32(24)13-18-7-5-16(2)6-8-18/h5-12,21,25,27-29,35H,3-4,13-15H2,1-2H3,(H,33,34). The normalized spacial score (nSPS) is 21.0. The number of aliphatic hydroxyl groups is 1. The van der Waals surface area contributed by atoms with Crippen molar-refractivity contribution in [3.8, 4) is 5.75 Å². The number of aliphatic carboxylic acids is 1. The Kier molecular flexibility index (Phi) is 7.14. The van der Waals surface area contributed by atoms with Crippen LogP contribution in [0.3, 0.4) is 0 Å². The summed E-state index contributed by atoms with van der Waals surface area (Å²) in [5.41, 5.74) is 4.72. The molecule has 0 spiro atoms. The number of nitrogens with one attached hydrogen (secondary N) is 2. The zero-order chi connectivity index (χ0) is 26.1. The second-order valence-electron chi connectivity index (χ2n) is 9.18. The van der Waals surface area contributed by atoms with Crippen LogP contribution in [0.5, 0.6) is 5.75 Å². The monoisotopic (exact) mass is 521 g/mol. The van der Waals surface area contributed by atoms with Crippen LogP contribution in [-0.4, -0.2) is 43.9 Å². The number of carbonyl (C=O) groups is 1. The lowest BCUT2D eigenvalue weighted by molar-refractivity contribution is -0.138. The zero-order valence-corrected chi connectivity index (χ0v) is 21.7. The first-order chi connectivity index (χ1) is 17.8. The summed E-state index contributed by atoms with van der Waals surface area (Å²) in [5, 5.41) is 26.1. The maximum absolute atomic E-state index is 11.2. The van der Waals surface area contributed by atoms with Gasteiger partial charge in [-0.15, -0.1) is 11.8 Å². The topological polar surface area (TPSA) is 112 Å². The van der Waals surface area contributed by atoms with Gasteiger partial charge < -0.3 is 29.7 Å². The number of thioether (sulfide) groups is 1. The van der Waals surface area contributed by atoms with E-state index < -0.39 is 18.4 Å². The molecule has 2 aromatic carbocycles. The Balaban J connectivity index is 1.32. The summed E-state index contributed by atoms with van der Waals surface area (Å²) < 4.78 is 8.14. The maximum Gasteiger partial charge on any atom is 0.321 e. The first-order valence-corrected chi connectivity index (χ1v) is 13.3. The number of rotatable bonds is 8. The van der Waals surface area contributed by atoms with E-state index in [0.717, 1.165) is 22.6 Å². The lowest BCUT2D eigenvalue weighted by Crippen LogP contribution is -2.48. The van der Waals surface area contributed by atoms with Gasteiger partial charge in [-0.2, -0.15) is 0 Å². The number of anilines is 1. The Morgan fingerprint density at radius 1 is 1.22 bits per heavy atom. The predicted octanol–water partition coefficient (Wildman–Crippen LogP) is 3.44. The van der Waals surface area contributed by atoms with E-state index in [1.165, 1.54) is 5.56 Å². The molecule has 5 rings (SSSR count). The van der Waals surface area contributed by atoms with Crippen LogP contribution < -0.4 is 20.3 Å². The Bertz CT molecular complexity index is 1290. The molecule has 0 bridgehead atoms. The molecule has 3 atom stereocenters. The van der Waals surface area contributed by atoms with E-state index in [1.807, 2.05) is 43.0 Å². The third kappa shape index (κ3) is 5.18. The van der Waals surface area contributed by atoms with E-state index in [0.29, 0.717) is 36.1 Å². The fourth-order valence-electron chi connectivity index (χ4n) is 4.60. The number of fused-ring (bicyclic) bond motifs is 1. The van der Waals surface area contributed by atoms with Gasteiger partial charge in [0, 0.05) is 18.8 Å². The Labute approximate surface area is 220 Å². The summed E-state index contributed by atoms with van der Waals surface area (Å²) in [6.07, 6.45) is -0.939. The van der Waals surface area contributed by atoms with Gasteiger partial charge in [0.25, 0.3) is 0 Å². The van der Waals surface area contributed by atoms with E-state index in [2.05, 4.69) is 46.0 Å². The number of hydrogen-bond acceptors (Lipinski definition) is 8. The minimum atomic E-state index is -0.939. The zero-order valence-electron chi connectivity index (χ0n) is 20.8. The first-order valence-electron chi connectivity index (χ1n) is 12.2. The second-order valence-corrected chi connectivity index (χ2v) is 10.3. The van der Waals surface area contributed by atoms with Gasteiger partial charge in [-0.25, -0.2) is 4.98 Å². The van der Waals surface area contributed by atoms with E-state index in [-0.39, 0.29) is 12.0 Å². The molecule has 194 valence electrons. The summed E-state index contributed by atoms with van der Waals surface area (Å²) in [7, 11) is 0. The van der Waals surface area contributed by atoms with Gasteiger partial charge in [0.2, 0.25) is 6.35 Å². The van der Waals surface area contributed by atoms with Crippen LogP contribution in [0.2, 0.25) is 0 Å². The van der Waals surface area contributed by atoms with Gasteiger partial charge in [-0.05, 0) is 37.1 Å². The number of carboxylic acid groups (broad SMARTS) is 1. The molecule has 2 aliphatic heterocycles. The average Bonchev–Trinajstić information content (AvgIpc) is 3.52. The molecule has 3 unspecified atom stereocenters. The highest BCUT2D eigenvalue weighted by Crippen LogP contribution is 2.35. The molecule has 1 saturated heterocycles. The van der Waals surface area contributed by atoms with Crippen LogP contribution in [0.25, 0.3) is 5.70 Å². The number of imidazole rings is 1. The van der Waals surface area contributed by atoms with Crippen LogP contribution in [0, 0.1) is 6.92 Å². The van der Waals surface area contributed by atoms with Gasteiger partial charge in [-0.1, -0.05) is 48.5 Å². The molecule has 3 heterocycles. The third-order valence-corrected chi connectivity index (χ3v) is 7.87. The number of benzene rings is 2. The van der Waals surface area contributed by atoms with Gasteiger partial charge in [0.1, 0.15) is 29.9 Å². The van der Waals surface area contributed by atoms with Crippen LogP contribution in [0.15, 0.2) is 55.1 Å². The van der Waals surface area contributed by atoms with Crippen LogP contribution >= 0.6 is 11.8 Å². The minimum absolute atomic E-state index is 0.0506. The van der Waals surface area contributed by atoms with Crippen molar-refractivity contribution < 1.29 is 19.7 Å². The van der Waals surface area contributed by atoms with Crippen molar-refractivity contribution in [2.75, 3.05) is 10.7 Å². The quantitative estimate of drug-likeness (QED) is 0.354. The molecule has 1 aromatic heterocycles. The molecule has 10 heteroatoms. The van der Waals surface area contributed by atoms with Gasteiger partial charge in [-0.3, -0.25) is 10.1 Å². The lowest BCUT2D eigenvalue weighted by atomic mass is 10.1. The summed E-state index contributed by atoms with van der Waals surface area (Å²) in [5.74, 6) is 1.81. The van der Waals surface area contributed by atoms with Gasteiger partial charge in [0.05, 0.1) is 11.1 Å². The fraction of sp³-hybridized carbons (Fsp3) is 0.333. The molecule has 0 amide bonds. The third-order valence-electron chi connectivity index (χ3n) is 6.61. The van der Waals surface area contributed by atoms with E-state index >= 15 is 0 Å². The van der Waals surface area contributed by atoms with Crippen molar-refractivity contribution in [1.29, 1.82) is 0 Å². The van der Waals surface area contributed by atoms with E-state index in [4.69, 9.17) is 9.72 Å². The Hall–Kier alpha value is -3.47. The SMILES string of the molecule is C=C1NC(O)N(Cc2ccc(C)cc2)c2nc(COc3ccc(C4NC(C(=O)O)CS4)cc3)n(CC)c21. The second kappa shape index (κ2) is 10.5. The highest BCUT2D eigenvalue weighted by Gasteiger charge is 2.33.